The van der Waals surface area contributed by atoms with Gasteiger partial charge in [0, 0.05) is 12.0 Å². The lowest BCUT2D eigenvalue weighted by atomic mass is 9.94. The fraction of sp³-hybridized carbons (Fsp3) is 0.562. The van der Waals surface area contributed by atoms with E-state index in [4.69, 9.17) is 4.74 Å². The average molecular weight is 276 g/mol. The Bertz CT molecular complexity index is 442. The largest absolute Gasteiger partial charge is 0.496 e. The molecular weight excluding hydrogens is 252 g/mol. The van der Waals surface area contributed by atoms with Crippen molar-refractivity contribution in [2.45, 2.75) is 32.2 Å². The number of methoxy groups -OCH3 is 1. The highest BCUT2D eigenvalue weighted by atomic mass is 16.5. The Labute approximate surface area is 120 Å². The minimum atomic E-state index is -0.0274. The standard InChI is InChI=1S/C16H24N2O2/c1-12(14-5-3-4-6-15(14)20-2)18-16(19)11-13-7-9-17-10-8-13/h3-6,12-13,17H,7-11H2,1-2H3,(H,18,19)/t12-/m1/s1. The van der Waals surface area contributed by atoms with Crippen LogP contribution in [0.4, 0.5) is 0 Å². The summed E-state index contributed by atoms with van der Waals surface area (Å²) in [5.74, 6) is 1.47. The summed E-state index contributed by atoms with van der Waals surface area (Å²) >= 11 is 0. The third kappa shape index (κ3) is 3.97. The van der Waals surface area contributed by atoms with Gasteiger partial charge in [0.1, 0.15) is 5.75 Å². The molecule has 20 heavy (non-hydrogen) atoms. The molecular formula is C16H24N2O2. The Balaban J connectivity index is 1.89. The van der Waals surface area contributed by atoms with E-state index in [1.54, 1.807) is 7.11 Å². The smallest absolute Gasteiger partial charge is 0.220 e. The van der Waals surface area contributed by atoms with E-state index in [0.717, 1.165) is 37.2 Å². The van der Waals surface area contributed by atoms with E-state index in [-0.39, 0.29) is 11.9 Å². The maximum atomic E-state index is 12.1. The van der Waals surface area contributed by atoms with Gasteiger partial charge in [-0.05, 0) is 44.8 Å². The Morgan fingerprint density at radius 1 is 1.40 bits per heavy atom. The highest BCUT2D eigenvalue weighted by Crippen LogP contribution is 2.25. The zero-order valence-corrected chi connectivity index (χ0v) is 12.3. The van der Waals surface area contributed by atoms with E-state index in [1.807, 2.05) is 31.2 Å². The van der Waals surface area contributed by atoms with E-state index in [1.165, 1.54) is 0 Å². The van der Waals surface area contributed by atoms with E-state index in [2.05, 4.69) is 10.6 Å². The SMILES string of the molecule is COc1ccccc1[C@@H](C)NC(=O)CC1CCNCC1. The lowest BCUT2D eigenvalue weighted by molar-refractivity contribution is -0.122. The summed E-state index contributed by atoms with van der Waals surface area (Å²) in [5, 5.41) is 6.40. The van der Waals surface area contributed by atoms with Crippen LogP contribution in [0.25, 0.3) is 0 Å². The molecule has 4 nitrogen and oxygen atoms in total. The highest BCUT2D eigenvalue weighted by molar-refractivity contribution is 5.76. The van der Waals surface area contributed by atoms with Crippen LogP contribution in [0.1, 0.15) is 37.8 Å². The molecule has 1 fully saturated rings. The molecule has 1 aliphatic rings. The molecule has 0 aromatic heterocycles. The van der Waals surface area contributed by atoms with Crippen molar-refractivity contribution < 1.29 is 9.53 Å². The maximum absolute atomic E-state index is 12.1. The number of hydrogen-bond acceptors (Lipinski definition) is 3. The number of rotatable bonds is 5. The zero-order valence-electron chi connectivity index (χ0n) is 12.3. The molecule has 2 rings (SSSR count). The summed E-state index contributed by atoms with van der Waals surface area (Å²) < 4.78 is 5.34. The number of carbonyl (C=O) groups excluding carboxylic acids is 1. The zero-order chi connectivity index (χ0) is 14.4. The third-order valence-electron chi connectivity index (χ3n) is 3.92. The van der Waals surface area contributed by atoms with Crippen molar-refractivity contribution in [1.82, 2.24) is 10.6 Å². The molecule has 1 heterocycles. The van der Waals surface area contributed by atoms with Crippen LogP contribution in [0.15, 0.2) is 24.3 Å². The molecule has 1 saturated heterocycles. The summed E-state index contributed by atoms with van der Waals surface area (Å²) in [6, 6.07) is 7.79. The van der Waals surface area contributed by atoms with Crippen molar-refractivity contribution in [3.8, 4) is 5.75 Å². The molecule has 1 aromatic rings. The normalized spacial score (nSPS) is 17.5. The van der Waals surface area contributed by atoms with Crippen LogP contribution in [0.3, 0.4) is 0 Å². The fourth-order valence-corrected chi connectivity index (χ4v) is 2.75. The summed E-state index contributed by atoms with van der Waals surface area (Å²) in [5.41, 5.74) is 1.02. The lowest BCUT2D eigenvalue weighted by Gasteiger charge is -2.23. The molecule has 1 amide bonds. The molecule has 0 spiro atoms. The molecule has 2 N–H and O–H groups in total. The molecule has 0 unspecified atom stereocenters. The van der Waals surface area contributed by atoms with E-state index >= 15 is 0 Å². The minimum absolute atomic E-state index is 0.0274. The van der Waals surface area contributed by atoms with Crippen LogP contribution in [-0.2, 0) is 4.79 Å². The second-order valence-electron chi connectivity index (χ2n) is 5.43. The van der Waals surface area contributed by atoms with Gasteiger partial charge in [-0.25, -0.2) is 0 Å². The van der Waals surface area contributed by atoms with Gasteiger partial charge in [-0.15, -0.1) is 0 Å². The molecule has 0 bridgehead atoms. The Kier molecular flexibility index (Phi) is 5.41. The third-order valence-corrected chi connectivity index (χ3v) is 3.92. The van der Waals surface area contributed by atoms with Crippen LogP contribution < -0.4 is 15.4 Å². The molecule has 1 atom stereocenters. The van der Waals surface area contributed by atoms with E-state index in [9.17, 15) is 4.79 Å². The van der Waals surface area contributed by atoms with Crippen LogP contribution in [0, 0.1) is 5.92 Å². The van der Waals surface area contributed by atoms with Crippen molar-refractivity contribution in [1.29, 1.82) is 0 Å². The highest BCUT2D eigenvalue weighted by Gasteiger charge is 2.19. The summed E-state index contributed by atoms with van der Waals surface area (Å²) in [6.07, 6.45) is 2.81. The van der Waals surface area contributed by atoms with Crippen LogP contribution >= 0.6 is 0 Å². The predicted octanol–water partition coefficient (Wildman–Crippen LogP) is 2.26. The van der Waals surface area contributed by atoms with Gasteiger partial charge in [-0.1, -0.05) is 18.2 Å². The average Bonchev–Trinajstić information content (AvgIpc) is 2.48. The molecule has 110 valence electrons. The lowest BCUT2D eigenvalue weighted by Crippen LogP contribution is -2.33. The Hall–Kier alpha value is -1.55. The first kappa shape index (κ1) is 14.9. The van der Waals surface area contributed by atoms with Gasteiger partial charge in [0.2, 0.25) is 5.91 Å². The first-order valence-corrected chi connectivity index (χ1v) is 7.33. The van der Waals surface area contributed by atoms with Crippen molar-refractivity contribution in [3.63, 3.8) is 0 Å². The molecule has 4 heteroatoms. The second-order valence-corrected chi connectivity index (χ2v) is 5.43. The summed E-state index contributed by atoms with van der Waals surface area (Å²) in [7, 11) is 1.66. The number of para-hydroxylation sites is 1. The number of ether oxygens (including phenoxy) is 1. The van der Waals surface area contributed by atoms with Crippen LogP contribution in [-0.4, -0.2) is 26.1 Å². The molecule has 1 aromatic carbocycles. The number of carbonyl (C=O) groups is 1. The number of piperidine rings is 1. The first-order chi connectivity index (χ1) is 9.70. The van der Waals surface area contributed by atoms with Gasteiger partial charge in [-0.3, -0.25) is 4.79 Å². The van der Waals surface area contributed by atoms with Gasteiger partial charge in [0.15, 0.2) is 0 Å². The first-order valence-electron chi connectivity index (χ1n) is 7.33. The number of hydrogen-bond donors (Lipinski definition) is 2. The van der Waals surface area contributed by atoms with Crippen LogP contribution in [0.2, 0.25) is 0 Å². The molecule has 0 aliphatic carbocycles. The van der Waals surface area contributed by atoms with Gasteiger partial charge < -0.3 is 15.4 Å². The second kappa shape index (κ2) is 7.29. The van der Waals surface area contributed by atoms with Crippen molar-refractivity contribution in [3.05, 3.63) is 29.8 Å². The molecule has 0 saturated carbocycles. The van der Waals surface area contributed by atoms with Gasteiger partial charge in [-0.2, -0.15) is 0 Å². The van der Waals surface area contributed by atoms with Crippen molar-refractivity contribution >= 4 is 5.91 Å². The van der Waals surface area contributed by atoms with Crippen molar-refractivity contribution in [2.75, 3.05) is 20.2 Å². The maximum Gasteiger partial charge on any atom is 0.220 e. The Morgan fingerprint density at radius 3 is 2.80 bits per heavy atom. The summed E-state index contributed by atoms with van der Waals surface area (Å²) in [6.45, 7) is 4.05. The van der Waals surface area contributed by atoms with Gasteiger partial charge in [0.25, 0.3) is 0 Å². The van der Waals surface area contributed by atoms with E-state index < -0.39 is 0 Å². The number of nitrogens with one attached hydrogen (secondary N) is 2. The van der Waals surface area contributed by atoms with Crippen LogP contribution in [0.5, 0.6) is 5.75 Å². The predicted molar refractivity (Wildman–Crippen MR) is 79.8 cm³/mol. The Morgan fingerprint density at radius 2 is 2.10 bits per heavy atom. The number of amides is 1. The molecule has 1 aliphatic heterocycles. The van der Waals surface area contributed by atoms with E-state index in [0.29, 0.717) is 12.3 Å². The minimum Gasteiger partial charge on any atom is -0.496 e. The molecule has 0 radical (unpaired) electrons. The number of benzene rings is 1. The summed E-state index contributed by atoms with van der Waals surface area (Å²) in [4.78, 5) is 12.1. The van der Waals surface area contributed by atoms with Gasteiger partial charge >= 0.3 is 0 Å². The quantitative estimate of drug-likeness (QED) is 0.867. The van der Waals surface area contributed by atoms with Gasteiger partial charge in [0.05, 0.1) is 13.2 Å². The topological polar surface area (TPSA) is 50.4 Å². The fourth-order valence-electron chi connectivity index (χ4n) is 2.75. The monoisotopic (exact) mass is 276 g/mol. The van der Waals surface area contributed by atoms with Crippen molar-refractivity contribution in [2.24, 2.45) is 5.92 Å².